The number of urea groups is 1. The predicted octanol–water partition coefficient (Wildman–Crippen LogP) is 1.80. The number of nitrogens with zero attached hydrogens (tertiary/aromatic N) is 2. The monoisotopic (exact) mass is 455 g/mol. The summed E-state index contributed by atoms with van der Waals surface area (Å²) < 4.78 is 5.45. The van der Waals surface area contributed by atoms with Crippen LogP contribution >= 0.6 is 0 Å². The molecule has 3 atom stereocenters. The highest BCUT2D eigenvalue weighted by Crippen LogP contribution is 2.25. The number of nitrogens with two attached hydrogens (primary N) is 1. The van der Waals surface area contributed by atoms with E-state index in [1.807, 2.05) is 49.3 Å². The molecule has 176 valence electrons. The lowest BCUT2D eigenvalue weighted by Gasteiger charge is -2.24. The van der Waals surface area contributed by atoms with Gasteiger partial charge in [-0.25, -0.2) is 4.79 Å². The molecule has 1 heterocycles. The molecule has 0 saturated carbocycles. The molecule has 2 aromatic rings. The summed E-state index contributed by atoms with van der Waals surface area (Å²) in [5.41, 5.74) is 7.19. The normalized spacial score (nSPS) is 20.6. The fraction of sp³-hybridized carbons (Fsp3) is 0.375. The van der Waals surface area contributed by atoms with Gasteiger partial charge >= 0.3 is 6.03 Å². The number of hydrogen-bond donors (Lipinski definition) is 3. The Balaban J connectivity index is 1.70. The number of ketones is 1. The van der Waals surface area contributed by atoms with Crippen LogP contribution < -0.4 is 10.6 Å². The van der Waals surface area contributed by atoms with Gasteiger partial charge in [0.2, 0.25) is 0 Å². The Kier molecular flexibility index (Phi) is 7.80. The smallest absolute Gasteiger partial charge is 0.320 e. The van der Waals surface area contributed by atoms with Crippen LogP contribution in [-0.4, -0.2) is 72.4 Å². The molecule has 9 nitrogen and oxygen atoms in total. The van der Waals surface area contributed by atoms with E-state index in [0.717, 1.165) is 21.4 Å². The molecule has 0 spiro atoms. The maximum Gasteiger partial charge on any atom is 0.320 e. The fourth-order valence-corrected chi connectivity index (χ4v) is 3.76. The maximum absolute atomic E-state index is 12.7. The van der Waals surface area contributed by atoms with E-state index in [9.17, 15) is 24.6 Å². The first kappa shape index (κ1) is 24.4. The number of benzene rings is 2. The first-order valence-corrected chi connectivity index (χ1v) is 10.7. The topological polar surface area (TPSA) is 133 Å². The molecule has 9 heteroatoms. The lowest BCUT2D eigenvalue weighted by Crippen LogP contribution is -2.40. The van der Waals surface area contributed by atoms with Crippen LogP contribution in [0.2, 0.25) is 0 Å². The second kappa shape index (κ2) is 10.6. The molecule has 2 amide bonds. The lowest BCUT2D eigenvalue weighted by molar-refractivity contribution is -0.105. The van der Waals surface area contributed by atoms with Crippen molar-refractivity contribution in [3.8, 4) is 0 Å². The number of amides is 2. The first-order valence-electron chi connectivity index (χ1n) is 10.7. The van der Waals surface area contributed by atoms with E-state index < -0.39 is 31.1 Å². The number of primary amides is 1. The average molecular weight is 456 g/mol. The van der Waals surface area contributed by atoms with E-state index in [-0.39, 0.29) is 30.6 Å². The SMILES string of the molecule is CN(C)c1ccc2cc(C(=O)CC/C(C=O)=C/N(C(N)=O)C3CC(O)[C@@H](CO)O3)ccc2c1. The van der Waals surface area contributed by atoms with Gasteiger partial charge in [-0.05, 0) is 35.4 Å². The molecular formula is C24H29N3O6. The van der Waals surface area contributed by atoms with Crippen molar-refractivity contribution in [2.24, 2.45) is 5.73 Å². The van der Waals surface area contributed by atoms with E-state index >= 15 is 0 Å². The van der Waals surface area contributed by atoms with Crippen molar-refractivity contribution in [1.82, 2.24) is 4.90 Å². The Labute approximate surface area is 192 Å². The fourth-order valence-electron chi connectivity index (χ4n) is 3.76. The van der Waals surface area contributed by atoms with Crippen molar-refractivity contribution in [2.75, 3.05) is 25.6 Å². The Morgan fingerprint density at radius 2 is 1.85 bits per heavy atom. The maximum atomic E-state index is 12.7. The third-order valence-corrected chi connectivity index (χ3v) is 5.71. The van der Waals surface area contributed by atoms with Gasteiger partial charge in [0.15, 0.2) is 5.78 Å². The molecule has 1 fully saturated rings. The van der Waals surface area contributed by atoms with Gasteiger partial charge in [0, 0.05) is 50.0 Å². The van der Waals surface area contributed by atoms with E-state index in [4.69, 9.17) is 10.5 Å². The average Bonchev–Trinajstić information content (AvgIpc) is 3.18. The van der Waals surface area contributed by atoms with Crippen molar-refractivity contribution in [2.45, 2.75) is 37.7 Å². The number of rotatable bonds is 9. The molecule has 33 heavy (non-hydrogen) atoms. The minimum absolute atomic E-state index is 0.0440. The van der Waals surface area contributed by atoms with Gasteiger partial charge in [-0.3, -0.25) is 14.5 Å². The molecule has 0 aromatic heterocycles. The number of aliphatic hydroxyl groups is 2. The second-order valence-corrected chi connectivity index (χ2v) is 8.25. The molecule has 3 rings (SSSR count). The van der Waals surface area contributed by atoms with Gasteiger partial charge in [-0.2, -0.15) is 0 Å². The lowest BCUT2D eigenvalue weighted by atomic mass is 10.00. The van der Waals surface area contributed by atoms with Crippen molar-refractivity contribution in [1.29, 1.82) is 0 Å². The predicted molar refractivity (Wildman–Crippen MR) is 124 cm³/mol. The summed E-state index contributed by atoms with van der Waals surface area (Å²) in [5.74, 6) is -0.139. The summed E-state index contributed by atoms with van der Waals surface area (Å²) in [6.45, 7) is -0.411. The third-order valence-electron chi connectivity index (χ3n) is 5.71. The van der Waals surface area contributed by atoms with Gasteiger partial charge in [0.05, 0.1) is 12.7 Å². The van der Waals surface area contributed by atoms with E-state index in [0.29, 0.717) is 11.8 Å². The number of fused-ring (bicyclic) bond motifs is 1. The summed E-state index contributed by atoms with van der Waals surface area (Å²) >= 11 is 0. The standard InChI is InChI=1S/C24H29N3O6/c1-26(2)19-7-6-16-9-18(5-4-17(16)10-19)20(30)8-3-15(13-28)12-27(24(25)32)23-11-21(31)22(14-29)33-23/h4-7,9-10,12-13,21-23,29,31H,3,8,11,14H2,1-2H3,(H2,25,32)/b15-12-/t21?,22-,23?/m1/s1. The van der Waals surface area contributed by atoms with Crippen molar-refractivity contribution in [3.63, 3.8) is 0 Å². The summed E-state index contributed by atoms with van der Waals surface area (Å²) in [5, 5.41) is 21.1. The molecule has 0 aliphatic carbocycles. The van der Waals surface area contributed by atoms with Crippen LogP contribution in [0.25, 0.3) is 10.8 Å². The van der Waals surface area contributed by atoms with Crippen LogP contribution in [0.1, 0.15) is 29.6 Å². The first-order chi connectivity index (χ1) is 15.7. The van der Waals surface area contributed by atoms with Gasteiger partial charge in [-0.1, -0.05) is 18.2 Å². The van der Waals surface area contributed by atoms with Crippen LogP contribution in [0, 0.1) is 0 Å². The van der Waals surface area contributed by atoms with Gasteiger partial charge in [0.25, 0.3) is 0 Å². The highest BCUT2D eigenvalue weighted by Gasteiger charge is 2.37. The van der Waals surface area contributed by atoms with Crippen LogP contribution in [-0.2, 0) is 9.53 Å². The van der Waals surface area contributed by atoms with Crippen LogP contribution in [0.5, 0.6) is 0 Å². The van der Waals surface area contributed by atoms with Gasteiger partial charge in [-0.15, -0.1) is 0 Å². The number of hydrogen-bond acceptors (Lipinski definition) is 7. The molecule has 0 bridgehead atoms. The molecular weight excluding hydrogens is 426 g/mol. The quantitative estimate of drug-likeness (QED) is 0.298. The highest BCUT2D eigenvalue weighted by atomic mass is 16.5. The molecule has 2 aromatic carbocycles. The summed E-state index contributed by atoms with van der Waals surface area (Å²) in [6, 6.07) is 10.6. The van der Waals surface area contributed by atoms with E-state index in [1.54, 1.807) is 6.07 Å². The number of Topliss-reactive ketones (excluding diaryl/α,β-unsaturated/α-hetero) is 1. The molecule has 1 aliphatic heterocycles. The zero-order valence-electron chi connectivity index (χ0n) is 18.7. The summed E-state index contributed by atoms with van der Waals surface area (Å²) in [7, 11) is 3.92. The summed E-state index contributed by atoms with van der Waals surface area (Å²) in [4.78, 5) is 39.2. The van der Waals surface area contributed by atoms with Crippen LogP contribution in [0.15, 0.2) is 48.2 Å². The number of allylic oxidation sites excluding steroid dienone is 1. The van der Waals surface area contributed by atoms with Gasteiger partial charge in [0.1, 0.15) is 18.6 Å². The zero-order chi connectivity index (χ0) is 24.1. The molecule has 2 unspecified atom stereocenters. The Morgan fingerprint density at radius 3 is 2.45 bits per heavy atom. The Morgan fingerprint density at radius 1 is 1.15 bits per heavy atom. The highest BCUT2D eigenvalue weighted by molar-refractivity contribution is 6.00. The van der Waals surface area contributed by atoms with Crippen molar-refractivity contribution in [3.05, 3.63) is 53.7 Å². The second-order valence-electron chi connectivity index (χ2n) is 8.25. The third kappa shape index (κ3) is 5.75. The Hall–Kier alpha value is -3.27. The number of carbonyl (C=O) groups excluding carboxylic acids is 3. The minimum Gasteiger partial charge on any atom is -0.394 e. The molecule has 1 saturated heterocycles. The van der Waals surface area contributed by atoms with Gasteiger partial charge < -0.3 is 25.6 Å². The number of anilines is 1. The Bertz CT molecular complexity index is 1070. The van der Waals surface area contributed by atoms with E-state index in [2.05, 4.69) is 0 Å². The zero-order valence-corrected chi connectivity index (χ0v) is 18.7. The molecule has 1 aliphatic rings. The minimum atomic E-state index is -0.960. The van der Waals surface area contributed by atoms with Crippen molar-refractivity contribution < 1.29 is 29.3 Å². The summed E-state index contributed by atoms with van der Waals surface area (Å²) in [6.07, 6.45) is -0.708. The number of carbonyl (C=O) groups is 3. The number of ether oxygens (including phenoxy) is 1. The molecule has 0 radical (unpaired) electrons. The molecule has 4 N–H and O–H groups in total. The van der Waals surface area contributed by atoms with Crippen molar-refractivity contribution >= 4 is 34.6 Å². The van der Waals surface area contributed by atoms with Crippen LogP contribution in [0.4, 0.5) is 10.5 Å². The van der Waals surface area contributed by atoms with Crippen LogP contribution in [0.3, 0.4) is 0 Å². The number of aliphatic hydroxyl groups excluding tert-OH is 2. The number of aldehydes is 1. The van der Waals surface area contributed by atoms with E-state index in [1.165, 1.54) is 6.20 Å². The largest absolute Gasteiger partial charge is 0.394 e.